The lowest BCUT2D eigenvalue weighted by Crippen LogP contribution is -2.36. The molecule has 2 N–H and O–H groups in total. The second kappa shape index (κ2) is 7.28. The van der Waals surface area contributed by atoms with Gasteiger partial charge in [-0.1, -0.05) is 6.42 Å². The van der Waals surface area contributed by atoms with E-state index in [1.54, 1.807) is 19.4 Å². The van der Waals surface area contributed by atoms with Gasteiger partial charge >= 0.3 is 0 Å². The molecule has 1 aliphatic heterocycles. The number of anilines is 1. The molecule has 2 aromatic rings. The van der Waals surface area contributed by atoms with Crippen LogP contribution in [0.1, 0.15) is 25.7 Å². The Morgan fingerprint density at radius 2 is 2.39 bits per heavy atom. The van der Waals surface area contributed by atoms with E-state index in [0.717, 1.165) is 18.5 Å². The Hall–Kier alpha value is -2.34. The smallest absolute Gasteiger partial charge is 0.225 e. The van der Waals surface area contributed by atoms with Gasteiger partial charge in [0.05, 0.1) is 18.9 Å². The fraction of sp³-hybridized carbons (Fsp3) is 0.412. The molecule has 1 aromatic heterocycles. The van der Waals surface area contributed by atoms with Crippen LogP contribution in [0.15, 0.2) is 35.2 Å². The van der Waals surface area contributed by atoms with Crippen molar-refractivity contribution in [1.82, 2.24) is 10.3 Å². The Balaban J connectivity index is 1.67. The molecule has 0 radical (unpaired) electrons. The lowest BCUT2D eigenvalue weighted by atomic mass is 10.0. The highest BCUT2D eigenvalue weighted by atomic mass is 16.5. The van der Waals surface area contributed by atoms with E-state index in [1.165, 1.54) is 19.2 Å². The van der Waals surface area contributed by atoms with Gasteiger partial charge in [-0.05, 0) is 31.5 Å². The molecule has 0 spiro atoms. The highest BCUT2D eigenvalue weighted by Crippen LogP contribution is 2.32. The standard InChI is InChI=1S/C17H21N3O3/c1-22-15-8-13(5-6-14(15)16-10-18-11-23-16)20-17(21)9-12-4-2-3-7-19-12/h5-6,8,10-12,19H,2-4,7,9H2,1H3,(H,20,21)/t12-/m0/s1. The minimum atomic E-state index is 0.0128. The number of hydrogen-bond acceptors (Lipinski definition) is 5. The summed E-state index contributed by atoms with van der Waals surface area (Å²) in [5, 5.41) is 6.31. The lowest BCUT2D eigenvalue weighted by molar-refractivity contribution is -0.116. The van der Waals surface area contributed by atoms with Crippen LogP contribution in [0.25, 0.3) is 11.3 Å². The molecule has 2 heterocycles. The Morgan fingerprint density at radius 1 is 1.48 bits per heavy atom. The van der Waals surface area contributed by atoms with Crippen molar-refractivity contribution in [2.24, 2.45) is 0 Å². The van der Waals surface area contributed by atoms with Crippen LogP contribution in [0.3, 0.4) is 0 Å². The third-order valence-corrected chi connectivity index (χ3v) is 4.03. The molecule has 1 saturated heterocycles. The summed E-state index contributed by atoms with van der Waals surface area (Å²) in [6, 6.07) is 5.77. The number of hydrogen-bond donors (Lipinski definition) is 2. The molecule has 1 atom stereocenters. The van der Waals surface area contributed by atoms with Crippen LogP contribution in [0.5, 0.6) is 5.75 Å². The van der Waals surface area contributed by atoms with Crippen molar-refractivity contribution in [1.29, 1.82) is 0 Å². The largest absolute Gasteiger partial charge is 0.496 e. The van der Waals surface area contributed by atoms with E-state index in [4.69, 9.17) is 9.15 Å². The van der Waals surface area contributed by atoms with Gasteiger partial charge in [0.25, 0.3) is 0 Å². The first-order valence-corrected chi connectivity index (χ1v) is 7.86. The molecule has 1 aliphatic rings. The van der Waals surface area contributed by atoms with E-state index in [1.807, 2.05) is 12.1 Å². The van der Waals surface area contributed by atoms with Crippen LogP contribution in [0, 0.1) is 0 Å². The number of nitrogens with zero attached hydrogens (tertiary/aromatic N) is 1. The molecule has 1 aromatic carbocycles. The maximum absolute atomic E-state index is 12.2. The zero-order valence-electron chi connectivity index (χ0n) is 13.2. The number of carbonyl (C=O) groups excluding carboxylic acids is 1. The number of oxazole rings is 1. The first-order valence-electron chi connectivity index (χ1n) is 7.86. The van der Waals surface area contributed by atoms with Crippen LogP contribution < -0.4 is 15.4 Å². The number of aromatic nitrogens is 1. The van der Waals surface area contributed by atoms with Crippen molar-refractivity contribution in [3.63, 3.8) is 0 Å². The molecule has 122 valence electrons. The second-order valence-corrected chi connectivity index (χ2v) is 5.68. The topological polar surface area (TPSA) is 76.4 Å². The maximum Gasteiger partial charge on any atom is 0.225 e. The maximum atomic E-state index is 12.2. The van der Waals surface area contributed by atoms with E-state index >= 15 is 0 Å². The molecule has 0 unspecified atom stereocenters. The first kappa shape index (κ1) is 15.6. The van der Waals surface area contributed by atoms with Gasteiger partial charge in [0.1, 0.15) is 5.75 Å². The summed E-state index contributed by atoms with van der Waals surface area (Å²) in [5.74, 6) is 1.28. The fourth-order valence-electron chi connectivity index (χ4n) is 2.86. The van der Waals surface area contributed by atoms with Crippen molar-refractivity contribution in [3.8, 4) is 17.1 Å². The van der Waals surface area contributed by atoms with Crippen molar-refractivity contribution in [2.45, 2.75) is 31.7 Å². The number of piperidine rings is 1. The number of benzene rings is 1. The first-order chi connectivity index (χ1) is 11.3. The van der Waals surface area contributed by atoms with Gasteiger partial charge in [0.15, 0.2) is 12.2 Å². The average molecular weight is 315 g/mol. The summed E-state index contributed by atoms with van der Waals surface area (Å²) in [6.45, 7) is 0.998. The Morgan fingerprint density at radius 3 is 3.09 bits per heavy atom. The van der Waals surface area contributed by atoms with E-state index < -0.39 is 0 Å². The van der Waals surface area contributed by atoms with Crippen molar-refractivity contribution in [2.75, 3.05) is 19.0 Å². The molecule has 23 heavy (non-hydrogen) atoms. The summed E-state index contributed by atoms with van der Waals surface area (Å²) < 4.78 is 10.7. The molecule has 1 fully saturated rings. The van der Waals surface area contributed by atoms with Gasteiger partial charge in [0.2, 0.25) is 5.91 Å². The van der Waals surface area contributed by atoms with E-state index in [9.17, 15) is 4.79 Å². The minimum Gasteiger partial charge on any atom is -0.496 e. The fourth-order valence-corrected chi connectivity index (χ4v) is 2.86. The van der Waals surface area contributed by atoms with Crippen LogP contribution in [-0.2, 0) is 4.79 Å². The molecule has 0 aliphatic carbocycles. The highest BCUT2D eigenvalue weighted by molar-refractivity contribution is 5.91. The van der Waals surface area contributed by atoms with Gasteiger partial charge < -0.3 is 19.8 Å². The summed E-state index contributed by atoms with van der Waals surface area (Å²) in [7, 11) is 1.59. The monoisotopic (exact) mass is 315 g/mol. The van der Waals surface area contributed by atoms with Gasteiger partial charge in [-0.25, -0.2) is 4.98 Å². The van der Waals surface area contributed by atoms with Crippen LogP contribution >= 0.6 is 0 Å². The third-order valence-electron chi connectivity index (χ3n) is 4.03. The van der Waals surface area contributed by atoms with Crippen LogP contribution in [0.4, 0.5) is 5.69 Å². The third kappa shape index (κ3) is 3.90. The number of ether oxygens (including phenoxy) is 1. The summed E-state index contributed by atoms with van der Waals surface area (Å²) in [4.78, 5) is 16.1. The molecule has 6 nitrogen and oxygen atoms in total. The minimum absolute atomic E-state index is 0.0128. The van der Waals surface area contributed by atoms with Gasteiger partial charge in [-0.3, -0.25) is 4.79 Å². The normalized spacial score (nSPS) is 17.7. The summed E-state index contributed by atoms with van der Waals surface area (Å²) in [5.41, 5.74) is 1.52. The number of rotatable bonds is 5. The molecule has 3 rings (SSSR count). The van der Waals surface area contributed by atoms with E-state index in [0.29, 0.717) is 23.6 Å². The molecular weight excluding hydrogens is 294 g/mol. The highest BCUT2D eigenvalue weighted by Gasteiger charge is 2.17. The average Bonchev–Trinajstić information content (AvgIpc) is 3.10. The van der Waals surface area contributed by atoms with Gasteiger partial charge in [-0.15, -0.1) is 0 Å². The van der Waals surface area contributed by atoms with Gasteiger partial charge in [0, 0.05) is 24.2 Å². The molecule has 0 saturated carbocycles. The Labute approximate surface area is 135 Å². The quantitative estimate of drug-likeness (QED) is 0.887. The Bertz CT molecular complexity index is 649. The SMILES string of the molecule is COc1cc(NC(=O)C[C@@H]2CCCCN2)ccc1-c1cnco1. The second-order valence-electron chi connectivity index (χ2n) is 5.68. The number of nitrogens with one attached hydrogen (secondary N) is 2. The molecule has 6 heteroatoms. The molecule has 1 amide bonds. The van der Waals surface area contributed by atoms with Crippen molar-refractivity contribution >= 4 is 11.6 Å². The zero-order valence-corrected chi connectivity index (χ0v) is 13.2. The van der Waals surface area contributed by atoms with E-state index in [-0.39, 0.29) is 11.9 Å². The number of methoxy groups -OCH3 is 1. The lowest BCUT2D eigenvalue weighted by Gasteiger charge is -2.22. The van der Waals surface area contributed by atoms with Crippen LogP contribution in [0.2, 0.25) is 0 Å². The van der Waals surface area contributed by atoms with Crippen molar-refractivity contribution in [3.05, 3.63) is 30.8 Å². The Kier molecular flexibility index (Phi) is 4.92. The molecular formula is C17H21N3O3. The number of amides is 1. The van der Waals surface area contributed by atoms with Gasteiger partial charge in [-0.2, -0.15) is 0 Å². The summed E-state index contributed by atoms with van der Waals surface area (Å²) in [6.07, 6.45) is 6.93. The predicted octanol–water partition coefficient (Wildman–Crippen LogP) is 2.82. The predicted molar refractivity (Wildman–Crippen MR) is 87.4 cm³/mol. The van der Waals surface area contributed by atoms with E-state index in [2.05, 4.69) is 15.6 Å². The summed E-state index contributed by atoms with van der Waals surface area (Å²) >= 11 is 0. The zero-order chi connectivity index (χ0) is 16.1. The van der Waals surface area contributed by atoms with Crippen molar-refractivity contribution < 1.29 is 13.9 Å². The van der Waals surface area contributed by atoms with Crippen LogP contribution in [-0.4, -0.2) is 30.6 Å². The molecule has 0 bridgehead atoms. The number of carbonyl (C=O) groups is 1.